The first-order chi connectivity index (χ1) is 6.86. The van der Waals surface area contributed by atoms with Crippen molar-refractivity contribution in [2.75, 3.05) is 24.2 Å². The van der Waals surface area contributed by atoms with Gasteiger partial charge < -0.3 is 0 Å². The highest BCUT2D eigenvalue weighted by molar-refractivity contribution is 5.51. The zero-order chi connectivity index (χ0) is 10.2. The summed E-state index contributed by atoms with van der Waals surface area (Å²) in [6.45, 7) is 5.13. The highest BCUT2D eigenvalue weighted by Crippen LogP contribution is 2.13. The van der Waals surface area contributed by atoms with Crippen molar-refractivity contribution in [3.63, 3.8) is 0 Å². The summed E-state index contributed by atoms with van der Waals surface area (Å²) in [4.78, 5) is 10.1. The first-order valence-electron chi connectivity index (χ1n) is 4.72. The summed E-state index contributed by atoms with van der Waals surface area (Å²) in [5.74, 6) is 0. The molecule has 0 unspecified atom stereocenters. The lowest BCUT2D eigenvalue weighted by Crippen LogP contribution is -2.02. The fourth-order valence-corrected chi connectivity index (χ4v) is 0.917. The lowest BCUT2D eigenvalue weighted by molar-refractivity contribution is 0.209. The Labute approximate surface area is 84.1 Å². The summed E-state index contributed by atoms with van der Waals surface area (Å²) in [6.07, 6.45) is 0. The molecule has 0 aliphatic heterocycles. The van der Waals surface area contributed by atoms with Crippen molar-refractivity contribution in [1.82, 2.24) is 0 Å². The molecule has 14 heavy (non-hydrogen) atoms. The topological polar surface area (TPSA) is 42.5 Å². The molecule has 0 radical (unpaired) electrons. The van der Waals surface area contributed by atoms with Crippen LogP contribution in [-0.2, 0) is 9.68 Å². The fourth-order valence-electron chi connectivity index (χ4n) is 0.917. The Morgan fingerprint density at radius 3 is 1.50 bits per heavy atom. The summed E-state index contributed by atoms with van der Waals surface area (Å²) >= 11 is 0. The first-order valence-corrected chi connectivity index (χ1v) is 4.72. The molecule has 1 rings (SSSR count). The smallest absolute Gasteiger partial charge is 0.0717 e. The van der Waals surface area contributed by atoms with Gasteiger partial charge in [-0.2, -0.15) is 0 Å². The maximum absolute atomic E-state index is 5.04. The Morgan fingerprint density at radius 1 is 0.857 bits per heavy atom. The second-order valence-electron chi connectivity index (χ2n) is 2.65. The first kappa shape index (κ1) is 10.8. The molecular weight excluding hydrogens is 180 g/mol. The van der Waals surface area contributed by atoms with Crippen LogP contribution in [0, 0.1) is 0 Å². The quantitative estimate of drug-likeness (QED) is 0.686. The normalized spacial score (nSPS) is 9.86. The van der Waals surface area contributed by atoms with Crippen LogP contribution in [0.3, 0.4) is 0 Å². The Kier molecular flexibility index (Phi) is 4.82. The maximum Gasteiger partial charge on any atom is 0.0717 e. The molecule has 1 aromatic rings. The van der Waals surface area contributed by atoms with Crippen LogP contribution in [0.15, 0.2) is 24.3 Å². The van der Waals surface area contributed by atoms with E-state index in [1.807, 2.05) is 38.1 Å². The fraction of sp³-hybridized carbons (Fsp3) is 0.400. The number of nitrogens with one attached hydrogen (secondary N) is 2. The number of benzene rings is 1. The lowest BCUT2D eigenvalue weighted by atomic mass is 10.3. The minimum Gasteiger partial charge on any atom is -0.276 e. The number of anilines is 2. The molecule has 0 aliphatic carbocycles. The predicted octanol–water partition coefficient (Wildman–Crippen LogP) is 2.41. The summed E-state index contributed by atoms with van der Waals surface area (Å²) in [5, 5.41) is 0. The van der Waals surface area contributed by atoms with Gasteiger partial charge in [0.15, 0.2) is 0 Å². The monoisotopic (exact) mass is 196 g/mol. The highest BCUT2D eigenvalue weighted by atomic mass is 16.6. The van der Waals surface area contributed by atoms with Gasteiger partial charge in [0, 0.05) is 0 Å². The van der Waals surface area contributed by atoms with Crippen molar-refractivity contribution in [3.05, 3.63) is 24.3 Å². The number of hydrogen-bond donors (Lipinski definition) is 2. The van der Waals surface area contributed by atoms with Crippen LogP contribution in [0.2, 0.25) is 0 Å². The predicted molar refractivity (Wildman–Crippen MR) is 56.9 cm³/mol. The van der Waals surface area contributed by atoms with E-state index in [2.05, 4.69) is 11.0 Å². The molecule has 4 heteroatoms. The number of rotatable bonds is 6. The van der Waals surface area contributed by atoms with Gasteiger partial charge in [0.25, 0.3) is 0 Å². The molecule has 0 saturated carbocycles. The van der Waals surface area contributed by atoms with Gasteiger partial charge in [-0.15, -0.1) is 0 Å². The Morgan fingerprint density at radius 2 is 1.21 bits per heavy atom. The summed E-state index contributed by atoms with van der Waals surface area (Å²) in [5.41, 5.74) is 7.47. The molecule has 0 atom stereocenters. The van der Waals surface area contributed by atoms with Crippen molar-refractivity contribution in [3.8, 4) is 0 Å². The average molecular weight is 196 g/mol. The molecule has 0 bridgehead atoms. The van der Waals surface area contributed by atoms with Crippen molar-refractivity contribution in [2.24, 2.45) is 0 Å². The SMILES string of the molecule is CCONc1ccc(NOCC)cc1. The molecule has 1 aromatic carbocycles. The molecule has 2 N–H and O–H groups in total. The van der Waals surface area contributed by atoms with Crippen molar-refractivity contribution < 1.29 is 9.68 Å². The third kappa shape index (κ3) is 3.64. The molecule has 0 aromatic heterocycles. The molecule has 0 amide bonds. The van der Waals surface area contributed by atoms with Crippen LogP contribution >= 0.6 is 0 Å². The van der Waals surface area contributed by atoms with E-state index in [0.717, 1.165) is 11.4 Å². The van der Waals surface area contributed by atoms with Gasteiger partial charge in [0.2, 0.25) is 0 Å². The molecule has 0 spiro atoms. The average Bonchev–Trinajstić information content (AvgIpc) is 2.25. The van der Waals surface area contributed by atoms with Crippen molar-refractivity contribution in [2.45, 2.75) is 13.8 Å². The van der Waals surface area contributed by atoms with Crippen LogP contribution in [0.5, 0.6) is 0 Å². The summed E-state index contributed by atoms with van der Waals surface area (Å²) < 4.78 is 0. The van der Waals surface area contributed by atoms with Crippen LogP contribution in [0.25, 0.3) is 0 Å². The maximum atomic E-state index is 5.04. The van der Waals surface area contributed by atoms with Gasteiger partial charge in [0.1, 0.15) is 0 Å². The molecule has 0 aliphatic rings. The highest BCUT2D eigenvalue weighted by Gasteiger charge is 1.92. The minimum atomic E-state index is 0.638. The van der Waals surface area contributed by atoms with E-state index >= 15 is 0 Å². The summed E-state index contributed by atoms with van der Waals surface area (Å²) in [7, 11) is 0. The van der Waals surface area contributed by atoms with Crippen molar-refractivity contribution in [1.29, 1.82) is 0 Å². The Hall–Kier alpha value is -1.26. The van der Waals surface area contributed by atoms with Crippen molar-refractivity contribution >= 4 is 11.4 Å². The molecule has 0 fully saturated rings. The second-order valence-corrected chi connectivity index (χ2v) is 2.65. The summed E-state index contributed by atoms with van der Waals surface area (Å²) in [6, 6.07) is 7.65. The number of hydrogen-bond acceptors (Lipinski definition) is 4. The van der Waals surface area contributed by atoms with E-state index in [9.17, 15) is 0 Å². The van der Waals surface area contributed by atoms with Gasteiger partial charge in [-0.3, -0.25) is 20.6 Å². The molecular formula is C10H16N2O2. The van der Waals surface area contributed by atoms with E-state index in [4.69, 9.17) is 9.68 Å². The Bertz CT molecular complexity index is 222. The zero-order valence-electron chi connectivity index (χ0n) is 8.54. The van der Waals surface area contributed by atoms with Crippen LogP contribution < -0.4 is 11.0 Å². The standard InChI is InChI=1S/C10H16N2O2/c1-3-13-11-9-5-7-10(8-6-9)12-14-4-2/h5-8,11-12H,3-4H2,1-2H3. The lowest BCUT2D eigenvalue weighted by Gasteiger charge is -2.07. The van der Waals surface area contributed by atoms with Gasteiger partial charge in [-0.05, 0) is 38.1 Å². The molecule has 0 saturated heterocycles. The van der Waals surface area contributed by atoms with Gasteiger partial charge >= 0.3 is 0 Å². The third-order valence-electron chi connectivity index (χ3n) is 1.55. The molecule has 4 nitrogen and oxygen atoms in total. The zero-order valence-corrected chi connectivity index (χ0v) is 8.54. The van der Waals surface area contributed by atoms with E-state index in [-0.39, 0.29) is 0 Å². The Balaban J connectivity index is 2.42. The third-order valence-corrected chi connectivity index (χ3v) is 1.55. The molecule has 0 heterocycles. The van der Waals surface area contributed by atoms with Crippen LogP contribution in [0.4, 0.5) is 11.4 Å². The van der Waals surface area contributed by atoms with Gasteiger partial charge in [-0.1, -0.05) is 0 Å². The van der Waals surface area contributed by atoms with Crippen LogP contribution in [0.1, 0.15) is 13.8 Å². The van der Waals surface area contributed by atoms with Crippen LogP contribution in [-0.4, -0.2) is 13.2 Å². The second kappa shape index (κ2) is 6.23. The van der Waals surface area contributed by atoms with Gasteiger partial charge in [0.05, 0.1) is 24.6 Å². The van der Waals surface area contributed by atoms with E-state index in [0.29, 0.717) is 13.2 Å². The van der Waals surface area contributed by atoms with Gasteiger partial charge in [-0.25, -0.2) is 0 Å². The van der Waals surface area contributed by atoms with E-state index in [1.165, 1.54) is 0 Å². The van der Waals surface area contributed by atoms with E-state index < -0.39 is 0 Å². The largest absolute Gasteiger partial charge is 0.276 e. The minimum absolute atomic E-state index is 0.638. The molecule has 78 valence electrons. The van der Waals surface area contributed by atoms with E-state index in [1.54, 1.807) is 0 Å².